The van der Waals surface area contributed by atoms with E-state index >= 15 is 0 Å². The summed E-state index contributed by atoms with van der Waals surface area (Å²) in [5.41, 5.74) is 1.56. The molecule has 0 saturated heterocycles. The SMILES string of the molecule is COC(=O)c1ccc2c(C#CC=O)[nH]nc2c1. The summed E-state index contributed by atoms with van der Waals surface area (Å²) in [5, 5.41) is 7.45. The first-order chi connectivity index (χ1) is 8.26. The third-order valence-corrected chi connectivity index (χ3v) is 2.23. The van der Waals surface area contributed by atoms with Crippen LogP contribution in [0, 0.1) is 11.8 Å². The van der Waals surface area contributed by atoms with E-state index in [0.29, 0.717) is 23.1 Å². The predicted octanol–water partition coefficient (Wildman–Crippen LogP) is 0.900. The Bertz CT molecular complexity index is 647. The van der Waals surface area contributed by atoms with Gasteiger partial charge in [0.1, 0.15) is 5.69 Å². The monoisotopic (exact) mass is 228 g/mol. The van der Waals surface area contributed by atoms with Crippen LogP contribution in [0.4, 0.5) is 0 Å². The fourth-order valence-corrected chi connectivity index (χ4v) is 1.45. The molecule has 0 bridgehead atoms. The molecule has 5 nitrogen and oxygen atoms in total. The quantitative estimate of drug-likeness (QED) is 0.447. The highest BCUT2D eigenvalue weighted by Gasteiger charge is 2.09. The first-order valence-corrected chi connectivity index (χ1v) is 4.78. The molecule has 17 heavy (non-hydrogen) atoms. The van der Waals surface area contributed by atoms with E-state index in [4.69, 9.17) is 0 Å². The summed E-state index contributed by atoms with van der Waals surface area (Å²) in [6, 6.07) is 4.93. The van der Waals surface area contributed by atoms with Crippen molar-refractivity contribution in [3.05, 3.63) is 29.5 Å². The maximum Gasteiger partial charge on any atom is 0.337 e. The summed E-state index contributed by atoms with van der Waals surface area (Å²) in [7, 11) is 1.32. The number of rotatable bonds is 1. The van der Waals surface area contributed by atoms with Gasteiger partial charge in [0.15, 0.2) is 6.29 Å². The second-order valence-electron chi connectivity index (χ2n) is 3.21. The van der Waals surface area contributed by atoms with Crippen LogP contribution < -0.4 is 0 Å². The molecule has 0 atom stereocenters. The molecule has 1 heterocycles. The molecule has 1 N–H and O–H groups in total. The molecule has 0 aliphatic heterocycles. The fraction of sp³-hybridized carbons (Fsp3) is 0.0833. The summed E-state index contributed by atoms with van der Waals surface area (Å²) in [4.78, 5) is 21.5. The van der Waals surface area contributed by atoms with Crippen LogP contribution >= 0.6 is 0 Å². The molecule has 0 aliphatic rings. The van der Waals surface area contributed by atoms with E-state index in [1.807, 2.05) is 0 Å². The summed E-state index contributed by atoms with van der Waals surface area (Å²) in [6.07, 6.45) is 0.509. The molecule has 0 amide bonds. The Morgan fingerprint density at radius 3 is 3.06 bits per heavy atom. The lowest BCUT2D eigenvalue weighted by atomic mass is 10.1. The van der Waals surface area contributed by atoms with Crippen LogP contribution in [0.3, 0.4) is 0 Å². The van der Waals surface area contributed by atoms with Crippen molar-refractivity contribution in [2.24, 2.45) is 0 Å². The molecule has 0 fully saturated rings. The normalized spacial score (nSPS) is 9.47. The van der Waals surface area contributed by atoms with Crippen LogP contribution in [-0.2, 0) is 9.53 Å². The third-order valence-electron chi connectivity index (χ3n) is 2.23. The van der Waals surface area contributed by atoms with Crippen LogP contribution in [0.5, 0.6) is 0 Å². The van der Waals surface area contributed by atoms with Gasteiger partial charge in [-0.3, -0.25) is 9.89 Å². The van der Waals surface area contributed by atoms with Crippen LogP contribution in [0.2, 0.25) is 0 Å². The molecule has 1 aromatic carbocycles. The van der Waals surface area contributed by atoms with Gasteiger partial charge in [-0.15, -0.1) is 0 Å². The standard InChI is InChI=1S/C12H8N2O3/c1-17-12(16)8-4-5-9-10(3-2-6-15)13-14-11(9)7-8/h4-7H,1H3,(H,13,14). The largest absolute Gasteiger partial charge is 0.465 e. The average molecular weight is 228 g/mol. The number of fused-ring (bicyclic) bond motifs is 1. The zero-order valence-corrected chi connectivity index (χ0v) is 8.98. The van der Waals surface area contributed by atoms with Gasteiger partial charge in [-0.05, 0) is 30.0 Å². The van der Waals surface area contributed by atoms with Gasteiger partial charge in [-0.25, -0.2) is 4.79 Å². The number of ether oxygens (including phenoxy) is 1. The highest BCUT2D eigenvalue weighted by atomic mass is 16.5. The molecule has 2 rings (SSSR count). The Morgan fingerprint density at radius 2 is 2.35 bits per heavy atom. The van der Waals surface area contributed by atoms with Gasteiger partial charge in [-0.2, -0.15) is 5.10 Å². The number of H-pyrrole nitrogens is 1. The van der Waals surface area contributed by atoms with Crippen molar-refractivity contribution in [2.45, 2.75) is 0 Å². The zero-order valence-electron chi connectivity index (χ0n) is 8.98. The van der Waals surface area contributed by atoms with Gasteiger partial charge in [0.05, 0.1) is 18.2 Å². The number of carbonyl (C=O) groups excluding carboxylic acids is 2. The van der Waals surface area contributed by atoms with Crippen LogP contribution in [0.25, 0.3) is 10.9 Å². The van der Waals surface area contributed by atoms with Crippen molar-refractivity contribution in [1.29, 1.82) is 0 Å². The fourth-order valence-electron chi connectivity index (χ4n) is 1.45. The number of hydrogen-bond donors (Lipinski definition) is 1. The van der Waals surface area contributed by atoms with E-state index in [9.17, 15) is 9.59 Å². The Morgan fingerprint density at radius 1 is 1.53 bits per heavy atom. The van der Waals surface area contributed by atoms with Gasteiger partial charge < -0.3 is 4.74 Å². The van der Waals surface area contributed by atoms with Crippen LogP contribution in [0.1, 0.15) is 16.1 Å². The van der Waals surface area contributed by atoms with Crippen molar-refractivity contribution in [3.8, 4) is 11.8 Å². The number of nitrogens with one attached hydrogen (secondary N) is 1. The molecule has 0 unspecified atom stereocenters. The Kier molecular flexibility index (Phi) is 2.88. The second-order valence-corrected chi connectivity index (χ2v) is 3.21. The molecular weight excluding hydrogens is 220 g/mol. The Balaban J connectivity index is 2.51. The number of aldehydes is 1. The molecule has 0 saturated carbocycles. The number of aromatic nitrogens is 2. The van der Waals surface area contributed by atoms with E-state index in [2.05, 4.69) is 26.8 Å². The van der Waals surface area contributed by atoms with Crippen molar-refractivity contribution >= 4 is 23.2 Å². The minimum absolute atomic E-state index is 0.418. The molecule has 0 radical (unpaired) electrons. The highest BCUT2D eigenvalue weighted by molar-refractivity contribution is 5.95. The number of esters is 1. The molecule has 84 valence electrons. The van der Waals surface area contributed by atoms with Crippen LogP contribution in [0.15, 0.2) is 18.2 Å². The predicted molar refractivity (Wildman–Crippen MR) is 60.4 cm³/mol. The maximum atomic E-state index is 11.3. The second kappa shape index (κ2) is 4.49. The number of nitrogens with zero attached hydrogens (tertiary/aromatic N) is 1. The van der Waals surface area contributed by atoms with Crippen LogP contribution in [-0.4, -0.2) is 29.6 Å². The van der Waals surface area contributed by atoms with Crippen molar-refractivity contribution in [1.82, 2.24) is 10.2 Å². The van der Waals surface area contributed by atoms with E-state index in [0.717, 1.165) is 5.39 Å². The van der Waals surface area contributed by atoms with Gasteiger partial charge >= 0.3 is 5.97 Å². The molecule has 2 aromatic rings. The molecule has 1 aromatic heterocycles. The number of hydrogen-bond acceptors (Lipinski definition) is 4. The van der Waals surface area contributed by atoms with Gasteiger partial charge in [0, 0.05) is 5.39 Å². The van der Waals surface area contributed by atoms with Crippen molar-refractivity contribution in [3.63, 3.8) is 0 Å². The number of methoxy groups -OCH3 is 1. The summed E-state index contributed by atoms with van der Waals surface area (Å²) >= 11 is 0. The Labute approximate surface area is 96.8 Å². The minimum atomic E-state index is -0.421. The number of carbonyl (C=O) groups is 2. The molecular formula is C12H8N2O3. The van der Waals surface area contributed by atoms with Crippen molar-refractivity contribution in [2.75, 3.05) is 7.11 Å². The first kappa shape index (κ1) is 10.9. The van der Waals surface area contributed by atoms with Crippen molar-refractivity contribution < 1.29 is 14.3 Å². The molecule has 0 aliphatic carbocycles. The number of aromatic amines is 1. The molecule has 0 spiro atoms. The maximum absolute atomic E-state index is 11.3. The minimum Gasteiger partial charge on any atom is -0.465 e. The van der Waals surface area contributed by atoms with Gasteiger partial charge in [-0.1, -0.05) is 0 Å². The van der Waals surface area contributed by atoms with E-state index in [1.54, 1.807) is 18.2 Å². The average Bonchev–Trinajstić information content (AvgIpc) is 2.77. The lowest BCUT2D eigenvalue weighted by Gasteiger charge is -1.97. The highest BCUT2D eigenvalue weighted by Crippen LogP contribution is 2.17. The number of benzene rings is 1. The van der Waals surface area contributed by atoms with E-state index in [1.165, 1.54) is 7.11 Å². The summed E-state index contributed by atoms with van der Waals surface area (Å²) < 4.78 is 4.61. The smallest absolute Gasteiger partial charge is 0.337 e. The summed E-state index contributed by atoms with van der Waals surface area (Å²) in [6.45, 7) is 0. The first-order valence-electron chi connectivity index (χ1n) is 4.78. The Hall–Kier alpha value is -2.61. The molecule has 5 heteroatoms. The van der Waals surface area contributed by atoms with Gasteiger partial charge in [0.25, 0.3) is 0 Å². The lowest BCUT2D eigenvalue weighted by molar-refractivity contribution is -0.103. The van der Waals surface area contributed by atoms with Gasteiger partial charge in [0.2, 0.25) is 0 Å². The third kappa shape index (κ3) is 2.01. The van der Waals surface area contributed by atoms with E-state index < -0.39 is 5.97 Å². The van der Waals surface area contributed by atoms with E-state index in [-0.39, 0.29) is 0 Å². The summed E-state index contributed by atoms with van der Waals surface area (Å²) in [5.74, 6) is 4.50. The zero-order chi connectivity index (χ0) is 12.3. The topological polar surface area (TPSA) is 72.1 Å². The lowest BCUT2D eigenvalue weighted by Crippen LogP contribution is -2.00.